The Kier molecular flexibility index (Phi) is 6.39. The maximum atomic E-state index is 12.7. The van der Waals surface area contributed by atoms with Crippen molar-refractivity contribution < 1.29 is 4.79 Å². The van der Waals surface area contributed by atoms with Crippen molar-refractivity contribution in [3.05, 3.63) is 64.8 Å². The van der Waals surface area contributed by atoms with Crippen molar-refractivity contribution in [2.75, 3.05) is 48.7 Å². The zero-order chi connectivity index (χ0) is 22.6. The molecule has 0 saturated carbocycles. The molecule has 0 spiro atoms. The van der Waals surface area contributed by atoms with Gasteiger partial charge >= 0.3 is 0 Å². The average Bonchev–Trinajstić information content (AvgIpc) is 2.82. The standard InChI is InChI=1S/C24H26ClN7O/c25-20-14-27-24-29-18-3-1-2-16(12-18)4-5-17-13-19(28-23(20)31-24)6-7-21(17)30-22(33)15-32-10-8-26-9-11-32/h1-3,6-7,12-14,26H,4-5,8-11,15H2,(H,30,33)(H2,27,28,29,31). The number of aromatic nitrogens is 2. The Hall–Kier alpha value is -3.20. The van der Waals surface area contributed by atoms with Crippen LogP contribution < -0.4 is 21.3 Å². The Morgan fingerprint density at radius 1 is 1.06 bits per heavy atom. The van der Waals surface area contributed by atoms with E-state index in [0.717, 1.165) is 61.6 Å². The number of rotatable bonds is 3. The van der Waals surface area contributed by atoms with Gasteiger partial charge in [0.1, 0.15) is 5.02 Å². The van der Waals surface area contributed by atoms with Crippen LogP contribution in [-0.2, 0) is 17.6 Å². The number of halogens is 1. The van der Waals surface area contributed by atoms with Gasteiger partial charge in [-0.15, -0.1) is 0 Å². The maximum Gasteiger partial charge on any atom is 0.238 e. The van der Waals surface area contributed by atoms with Crippen molar-refractivity contribution in [1.82, 2.24) is 20.2 Å². The smallest absolute Gasteiger partial charge is 0.238 e. The molecular weight excluding hydrogens is 438 g/mol. The molecule has 8 nitrogen and oxygen atoms in total. The van der Waals surface area contributed by atoms with Gasteiger partial charge < -0.3 is 21.3 Å². The molecule has 0 unspecified atom stereocenters. The number of piperazine rings is 1. The molecule has 1 amide bonds. The molecule has 1 fully saturated rings. The third-order valence-corrected chi connectivity index (χ3v) is 6.11. The van der Waals surface area contributed by atoms with Gasteiger partial charge in [0, 0.05) is 43.2 Å². The first-order valence-electron chi connectivity index (χ1n) is 11.1. The highest BCUT2D eigenvalue weighted by atomic mass is 35.5. The van der Waals surface area contributed by atoms with Crippen LogP contribution in [0.2, 0.25) is 5.02 Å². The third-order valence-electron chi connectivity index (χ3n) is 5.83. The number of aryl methyl sites for hydroxylation is 2. The topological polar surface area (TPSA) is 94.2 Å². The summed E-state index contributed by atoms with van der Waals surface area (Å²) >= 11 is 6.34. The van der Waals surface area contributed by atoms with Gasteiger partial charge in [0.15, 0.2) is 5.82 Å². The lowest BCUT2D eigenvalue weighted by atomic mass is 10.0. The molecule has 1 saturated heterocycles. The molecule has 5 rings (SSSR count). The van der Waals surface area contributed by atoms with Crippen LogP contribution in [0.25, 0.3) is 0 Å². The van der Waals surface area contributed by atoms with Crippen molar-refractivity contribution in [1.29, 1.82) is 0 Å². The van der Waals surface area contributed by atoms with Gasteiger partial charge in [-0.25, -0.2) is 4.98 Å². The number of nitrogens with one attached hydrogen (secondary N) is 4. The van der Waals surface area contributed by atoms with Crippen LogP contribution in [0.3, 0.4) is 0 Å². The van der Waals surface area contributed by atoms with E-state index in [1.165, 1.54) is 5.56 Å². The van der Waals surface area contributed by atoms with E-state index in [-0.39, 0.29) is 5.91 Å². The number of fused-ring (bicyclic) bond motifs is 6. The zero-order valence-electron chi connectivity index (χ0n) is 18.2. The van der Waals surface area contributed by atoms with E-state index in [1.54, 1.807) is 6.20 Å². The maximum absolute atomic E-state index is 12.7. The number of nitrogens with zero attached hydrogens (tertiary/aromatic N) is 3. The van der Waals surface area contributed by atoms with Gasteiger partial charge in [0.25, 0.3) is 0 Å². The Morgan fingerprint density at radius 3 is 2.79 bits per heavy atom. The first kappa shape index (κ1) is 21.6. The minimum Gasteiger partial charge on any atom is -0.339 e. The molecule has 6 bridgehead atoms. The highest BCUT2D eigenvalue weighted by Crippen LogP contribution is 2.29. The number of carbonyl (C=O) groups is 1. The van der Waals surface area contributed by atoms with Crippen LogP contribution in [0, 0.1) is 0 Å². The van der Waals surface area contributed by atoms with Crippen LogP contribution in [0.1, 0.15) is 11.1 Å². The second kappa shape index (κ2) is 9.74. The van der Waals surface area contributed by atoms with Gasteiger partial charge in [-0.05, 0) is 54.3 Å². The minimum atomic E-state index is 0.00598. The molecule has 0 atom stereocenters. The Morgan fingerprint density at radius 2 is 1.91 bits per heavy atom. The summed E-state index contributed by atoms with van der Waals surface area (Å²) in [5, 5.41) is 13.4. The van der Waals surface area contributed by atoms with Crippen molar-refractivity contribution in [2.45, 2.75) is 12.8 Å². The Balaban J connectivity index is 1.43. The van der Waals surface area contributed by atoms with E-state index >= 15 is 0 Å². The van der Waals surface area contributed by atoms with Crippen LogP contribution in [-0.4, -0.2) is 53.5 Å². The summed E-state index contributed by atoms with van der Waals surface area (Å²) in [6.45, 7) is 4.00. The summed E-state index contributed by atoms with van der Waals surface area (Å²) in [5.41, 5.74) is 4.83. The zero-order valence-corrected chi connectivity index (χ0v) is 19.0. The predicted molar refractivity (Wildman–Crippen MR) is 132 cm³/mol. The number of benzene rings is 2. The number of anilines is 5. The fraction of sp³-hybridized carbons (Fsp3) is 0.292. The van der Waals surface area contributed by atoms with Crippen LogP contribution in [0.15, 0.2) is 48.7 Å². The Labute approximate surface area is 197 Å². The van der Waals surface area contributed by atoms with Crippen LogP contribution in [0.5, 0.6) is 0 Å². The SMILES string of the molecule is O=C(CN1CCNCC1)Nc1ccc2cc1CCc1cccc(c1)Nc1ncc(Cl)c(n1)N2. The van der Waals surface area contributed by atoms with Gasteiger partial charge in [-0.3, -0.25) is 9.69 Å². The normalized spacial score (nSPS) is 15.8. The molecule has 3 heterocycles. The molecular formula is C24H26ClN7O. The molecule has 170 valence electrons. The summed E-state index contributed by atoms with van der Waals surface area (Å²) in [4.78, 5) is 23.7. The van der Waals surface area contributed by atoms with E-state index in [1.807, 2.05) is 30.3 Å². The van der Waals surface area contributed by atoms with Gasteiger partial charge in [-0.1, -0.05) is 23.7 Å². The summed E-state index contributed by atoms with van der Waals surface area (Å²) in [5.74, 6) is 0.993. The Bertz CT molecular complexity index is 1160. The molecule has 1 aromatic heterocycles. The average molecular weight is 464 g/mol. The molecule has 2 aromatic carbocycles. The summed E-state index contributed by atoms with van der Waals surface area (Å²) < 4.78 is 0. The molecule has 3 aromatic rings. The van der Waals surface area contributed by atoms with Gasteiger partial charge in [0.2, 0.25) is 11.9 Å². The molecule has 33 heavy (non-hydrogen) atoms. The van der Waals surface area contributed by atoms with Crippen molar-refractivity contribution >= 4 is 46.3 Å². The highest BCUT2D eigenvalue weighted by molar-refractivity contribution is 6.32. The highest BCUT2D eigenvalue weighted by Gasteiger charge is 2.16. The molecule has 2 aliphatic heterocycles. The molecule has 0 aliphatic carbocycles. The lowest BCUT2D eigenvalue weighted by Gasteiger charge is -2.26. The first-order chi connectivity index (χ1) is 16.1. The van der Waals surface area contributed by atoms with Crippen LogP contribution in [0.4, 0.5) is 28.8 Å². The van der Waals surface area contributed by atoms with Gasteiger partial charge in [-0.2, -0.15) is 4.98 Å². The van der Waals surface area contributed by atoms with E-state index in [0.29, 0.717) is 23.3 Å². The van der Waals surface area contributed by atoms with Crippen molar-refractivity contribution in [3.8, 4) is 0 Å². The predicted octanol–water partition coefficient (Wildman–Crippen LogP) is 3.56. The van der Waals surface area contributed by atoms with Crippen LogP contribution >= 0.6 is 11.6 Å². The lowest BCUT2D eigenvalue weighted by Crippen LogP contribution is -2.46. The van der Waals surface area contributed by atoms with Gasteiger partial charge in [0.05, 0.1) is 12.7 Å². The van der Waals surface area contributed by atoms with E-state index in [9.17, 15) is 4.79 Å². The summed E-state index contributed by atoms with van der Waals surface area (Å²) in [6.07, 6.45) is 3.19. The van der Waals surface area contributed by atoms with Crippen molar-refractivity contribution in [2.24, 2.45) is 0 Å². The van der Waals surface area contributed by atoms with E-state index in [4.69, 9.17) is 11.6 Å². The van der Waals surface area contributed by atoms with E-state index in [2.05, 4.69) is 48.3 Å². The summed E-state index contributed by atoms with van der Waals surface area (Å²) in [6, 6.07) is 14.1. The number of amides is 1. The second-order valence-electron chi connectivity index (χ2n) is 8.29. The molecule has 9 heteroatoms. The first-order valence-corrected chi connectivity index (χ1v) is 11.5. The lowest BCUT2D eigenvalue weighted by molar-refractivity contribution is -0.117. The largest absolute Gasteiger partial charge is 0.339 e. The van der Waals surface area contributed by atoms with E-state index < -0.39 is 0 Å². The number of hydrogen-bond acceptors (Lipinski definition) is 7. The number of carbonyl (C=O) groups excluding carboxylic acids is 1. The molecule has 4 N–H and O–H groups in total. The number of hydrogen-bond donors (Lipinski definition) is 4. The molecule has 0 radical (unpaired) electrons. The summed E-state index contributed by atoms with van der Waals surface area (Å²) in [7, 11) is 0. The monoisotopic (exact) mass is 463 g/mol. The fourth-order valence-corrected chi connectivity index (χ4v) is 4.27. The quantitative estimate of drug-likeness (QED) is 0.471. The second-order valence-corrected chi connectivity index (χ2v) is 8.69. The molecule has 2 aliphatic rings. The van der Waals surface area contributed by atoms with Crippen molar-refractivity contribution in [3.63, 3.8) is 0 Å². The fourth-order valence-electron chi connectivity index (χ4n) is 4.13. The minimum absolute atomic E-state index is 0.00598. The third kappa shape index (κ3) is 5.42.